The van der Waals surface area contributed by atoms with Crippen LogP contribution in [0, 0.1) is 0 Å². The Kier molecular flexibility index (Phi) is 4.19. The molecule has 0 saturated heterocycles. The Labute approximate surface area is 146 Å². The fourth-order valence-corrected chi connectivity index (χ4v) is 3.46. The van der Waals surface area contributed by atoms with Gasteiger partial charge in [0.25, 0.3) is 0 Å². The van der Waals surface area contributed by atoms with E-state index in [-0.39, 0.29) is 6.61 Å². The summed E-state index contributed by atoms with van der Waals surface area (Å²) in [7, 11) is 0. The minimum absolute atomic E-state index is 0.0754. The number of benzene rings is 1. The molecule has 3 heterocycles. The van der Waals surface area contributed by atoms with E-state index in [2.05, 4.69) is 14.6 Å². The van der Waals surface area contributed by atoms with Crippen LogP contribution < -0.4 is 4.90 Å². The first-order valence-corrected chi connectivity index (χ1v) is 8.77. The Morgan fingerprint density at radius 2 is 2.08 bits per heavy atom. The topological polar surface area (TPSA) is 79.3 Å². The highest BCUT2D eigenvalue weighted by molar-refractivity contribution is 5.78. The van der Waals surface area contributed by atoms with Crippen LogP contribution in [0.1, 0.15) is 30.8 Å². The number of imidazole rings is 1. The van der Waals surface area contributed by atoms with Crippen molar-refractivity contribution in [1.29, 1.82) is 0 Å². The molecule has 7 heteroatoms. The number of aliphatic hydroxyl groups is 2. The summed E-state index contributed by atoms with van der Waals surface area (Å²) in [5.41, 5.74) is 3.79. The van der Waals surface area contributed by atoms with Gasteiger partial charge in [-0.25, -0.2) is 4.98 Å². The lowest BCUT2D eigenvalue weighted by Gasteiger charge is -2.29. The van der Waals surface area contributed by atoms with Crippen LogP contribution in [0.15, 0.2) is 30.3 Å². The highest BCUT2D eigenvalue weighted by Crippen LogP contribution is 2.27. The molecular weight excluding hydrogens is 318 g/mol. The standard InChI is InChI=1S/C18H23N5O2/c1-2-17(25)15-11-13-12-21(7-8-23(13)20-15)18-19-14-5-3-4-6-16(14)22(18)9-10-24/h3-6,11,17,24-25H,2,7-10,12H2,1H3. The largest absolute Gasteiger partial charge is 0.395 e. The van der Waals surface area contributed by atoms with Crippen LogP contribution in [0.3, 0.4) is 0 Å². The molecule has 1 unspecified atom stereocenters. The van der Waals surface area contributed by atoms with Crippen molar-refractivity contribution in [3.63, 3.8) is 0 Å². The Bertz CT molecular complexity index is 885. The summed E-state index contributed by atoms with van der Waals surface area (Å²) in [5.74, 6) is 0.875. The highest BCUT2D eigenvalue weighted by atomic mass is 16.3. The molecule has 1 aliphatic rings. The van der Waals surface area contributed by atoms with Crippen LogP contribution in [0.4, 0.5) is 5.95 Å². The van der Waals surface area contributed by atoms with E-state index < -0.39 is 6.10 Å². The second kappa shape index (κ2) is 6.50. The van der Waals surface area contributed by atoms with Crippen molar-refractivity contribution >= 4 is 17.0 Å². The molecule has 2 aromatic heterocycles. The summed E-state index contributed by atoms with van der Waals surface area (Å²) in [6.07, 6.45) is 0.150. The van der Waals surface area contributed by atoms with Gasteiger partial charge in [0.05, 0.1) is 48.2 Å². The van der Waals surface area contributed by atoms with Crippen molar-refractivity contribution in [3.05, 3.63) is 41.7 Å². The normalized spacial score (nSPS) is 15.6. The van der Waals surface area contributed by atoms with Gasteiger partial charge in [-0.2, -0.15) is 5.10 Å². The summed E-state index contributed by atoms with van der Waals surface area (Å²) in [5, 5.41) is 24.0. The predicted molar refractivity (Wildman–Crippen MR) is 95.3 cm³/mol. The van der Waals surface area contributed by atoms with Gasteiger partial charge < -0.3 is 19.7 Å². The van der Waals surface area contributed by atoms with Crippen molar-refractivity contribution in [2.24, 2.45) is 0 Å². The Hall–Kier alpha value is -2.38. The molecule has 0 saturated carbocycles. The second-order valence-electron chi connectivity index (χ2n) is 6.41. The maximum absolute atomic E-state index is 10.0. The predicted octanol–water partition coefficient (Wildman–Crippen LogP) is 1.69. The van der Waals surface area contributed by atoms with Crippen LogP contribution in [0.5, 0.6) is 0 Å². The zero-order valence-corrected chi connectivity index (χ0v) is 14.3. The lowest BCUT2D eigenvalue weighted by molar-refractivity contribution is 0.168. The Morgan fingerprint density at radius 1 is 1.24 bits per heavy atom. The van der Waals surface area contributed by atoms with Gasteiger partial charge in [0.15, 0.2) is 0 Å². The molecule has 2 N–H and O–H groups in total. The van der Waals surface area contributed by atoms with Gasteiger partial charge >= 0.3 is 0 Å². The monoisotopic (exact) mass is 341 g/mol. The summed E-state index contributed by atoms with van der Waals surface area (Å²) < 4.78 is 4.05. The van der Waals surface area contributed by atoms with Gasteiger partial charge in [0.2, 0.25) is 5.95 Å². The number of hydrogen-bond donors (Lipinski definition) is 2. The number of aliphatic hydroxyl groups excluding tert-OH is 2. The number of anilines is 1. The van der Waals surface area contributed by atoms with Crippen molar-refractivity contribution in [2.75, 3.05) is 18.1 Å². The summed E-state index contributed by atoms with van der Waals surface area (Å²) in [4.78, 5) is 7.00. The summed E-state index contributed by atoms with van der Waals surface area (Å²) >= 11 is 0. The van der Waals surface area contributed by atoms with Crippen molar-refractivity contribution in [3.8, 4) is 0 Å². The molecule has 132 valence electrons. The molecule has 0 amide bonds. The molecule has 4 rings (SSSR count). The molecule has 25 heavy (non-hydrogen) atoms. The van der Waals surface area contributed by atoms with Gasteiger partial charge in [0, 0.05) is 13.1 Å². The molecule has 1 aliphatic heterocycles. The van der Waals surface area contributed by atoms with E-state index in [1.54, 1.807) is 0 Å². The van der Waals surface area contributed by atoms with Gasteiger partial charge in [-0.1, -0.05) is 19.1 Å². The van der Waals surface area contributed by atoms with E-state index in [0.29, 0.717) is 19.5 Å². The number of rotatable bonds is 5. The van der Waals surface area contributed by atoms with E-state index in [1.165, 1.54) is 0 Å². The molecule has 0 bridgehead atoms. The Balaban J connectivity index is 1.68. The minimum atomic E-state index is -0.509. The quantitative estimate of drug-likeness (QED) is 0.738. The van der Waals surface area contributed by atoms with E-state index in [0.717, 1.165) is 41.5 Å². The number of para-hydroxylation sites is 2. The maximum Gasteiger partial charge on any atom is 0.207 e. The van der Waals surface area contributed by atoms with Crippen LogP contribution in [0.25, 0.3) is 11.0 Å². The van der Waals surface area contributed by atoms with E-state index in [4.69, 9.17) is 4.98 Å². The molecule has 0 aliphatic carbocycles. The fourth-order valence-electron chi connectivity index (χ4n) is 3.46. The SMILES string of the molecule is CCC(O)c1cc2n(n1)CCN(c1nc3ccccc3n1CCO)C2. The molecular formula is C18H23N5O2. The smallest absolute Gasteiger partial charge is 0.207 e. The third-order valence-corrected chi connectivity index (χ3v) is 4.79. The first-order valence-electron chi connectivity index (χ1n) is 8.77. The van der Waals surface area contributed by atoms with E-state index in [9.17, 15) is 10.2 Å². The molecule has 0 fully saturated rings. The third-order valence-electron chi connectivity index (χ3n) is 4.79. The lowest BCUT2D eigenvalue weighted by Crippen LogP contribution is -2.35. The number of fused-ring (bicyclic) bond motifs is 2. The van der Waals surface area contributed by atoms with Crippen molar-refractivity contribution < 1.29 is 10.2 Å². The van der Waals surface area contributed by atoms with Gasteiger partial charge in [0.1, 0.15) is 0 Å². The van der Waals surface area contributed by atoms with Gasteiger partial charge in [-0.3, -0.25) is 4.68 Å². The average Bonchev–Trinajstić information content (AvgIpc) is 3.22. The number of nitrogens with zero attached hydrogens (tertiary/aromatic N) is 5. The van der Waals surface area contributed by atoms with Crippen LogP contribution in [0.2, 0.25) is 0 Å². The van der Waals surface area contributed by atoms with E-state index >= 15 is 0 Å². The van der Waals surface area contributed by atoms with Gasteiger partial charge in [-0.05, 0) is 24.6 Å². The minimum Gasteiger partial charge on any atom is -0.395 e. The molecule has 3 aromatic rings. The molecule has 7 nitrogen and oxygen atoms in total. The van der Waals surface area contributed by atoms with Crippen molar-refractivity contribution in [2.45, 2.75) is 39.1 Å². The maximum atomic E-state index is 10.0. The van der Waals surface area contributed by atoms with E-state index in [1.807, 2.05) is 41.9 Å². The van der Waals surface area contributed by atoms with Crippen LogP contribution in [-0.2, 0) is 19.6 Å². The highest BCUT2D eigenvalue weighted by Gasteiger charge is 2.24. The first-order chi connectivity index (χ1) is 12.2. The number of hydrogen-bond acceptors (Lipinski definition) is 5. The van der Waals surface area contributed by atoms with Crippen LogP contribution >= 0.6 is 0 Å². The third kappa shape index (κ3) is 2.79. The number of aromatic nitrogens is 4. The van der Waals surface area contributed by atoms with Crippen LogP contribution in [-0.4, -0.2) is 42.7 Å². The average molecular weight is 341 g/mol. The summed E-state index contributed by atoms with van der Waals surface area (Å²) in [6, 6.07) is 9.98. The fraction of sp³-hybridized carbons (Fsp3) is 0.444. The van der Waals surface area contributed by atoms with Gasteiger partial charge in [-0.15, -0.1) is 0 Å². The molecule has 0 spiro atoms. The second-order valence-corrected chi connectivity index (χ2v) is 6.41. The molecule has 1 aromatic carbocycles. The molecule has 0 radical (unpaired) electrons. The summed E-state index contributed by atoms with van der Waals surface area (Å²) in [6.45, 7) is 4.79. The Morgan fingerprint density at radius 3 is 2.88 bits per heavy atom. The molecule has 1 atom stereocenters. The lowest BCUT2D eigenvalue weighted by atomic mass is 10.2. The zero-order chi connectivity index (χ0) is 17.4. The first kappa shape index (κ1) is 16.1. The zero-order valence-electron chi connectivity index (χ0n) is 14.3. The van der Waals surface area contributed by atoms with Crippen molar-refractivity contribution in [1.82, 2.24) is 19.3 Å².